The van der Waals surface area contributed by atoms with E-state index in [1.54, 1.807) is 16.8 Å². The van der Waals surface area contributed by atoms with Crippen molar-refractivity contribution in [2.24, 2.45) is 11.8 Å². The smallest absolute Gasteiger partial charge is 0.254 e. The molecule has 0 spiro atoms. The molecule has 2 amide bonds. The van der Waals surface area contributed by atoms with Crippen molar-refractivity contribution in [1.29, 1.82) is 0 Å². The lowest BCUT2D eigenvalue weighted by Crippen LogP contribution is -2.19. The summed E-state index contributed by atoms with van der Waals surface area (Å²) < 4.78 is 1.77. The van der Waals surface area contributed by atoms with Gasteiger partial charge in [-0.15, -0.1) is 0 Å². The molecule has 2 aliphatic carbocycles. The Hall–Kier alpha value is -2.90. The van der Waals surface area contributed by atoms with E-state index in [9.17, 15) is 9.59 Å². The number of hydrogen-bond donors (Lipinski definition) is 3. The summed E-state index contributed by atoms with van der Waals surface area (Å²) in [4.78, 5) is 28.2. The number of amides is 2. The summed E-state index contributed by atoms with van der Waals surface area (Å²) in [6, 6.07) is 2.37. The van der Waals surface area contributed by atoms with Gasteiger partial charge >= 0.3 is 0 Å². The first-order valence-electron chi connectivity index (χ1n) is 10.0. The fourth-order valence-corrected chi connectivity index (χ4v) is 3.61. The number of fused-ring (bicyclic) bond motifs is 1. The van der Waals surface area contributed by atoms with E-state index >= 15 is 0 Å². The molecule has 2 saturated carbocycles. The van der Waals surface area contributed by atoms with E-state index in [0.29, 0.717) is 23.2 Å². The van der Waals surface area contributed by atoms with Crippen LogP contribution < -0.4 is 16.0 Å². The number of carbonyl (C=O) groups excluding carboxylic acids is 2. The van der Waals surface area contributed by atoms with Crippen molar-refractivity contribution in [2.45, 2.75) is 45.1 Å². The predicted molar refractivity (Wildman–Crippen MR) is 106 cm³/mol. The summed E-state index contributed by atoms with van der Waals surface area (Å²) in [5.41, 5.74) is 1.85. The number of nitrogens with one attached hydrogen (secondary N) is 3. The Bertz CT molecular complexity index is 986. The Morgan fingerprint density at radius 3 is 2.82 bits per heavy atom. The van der Waals surface area contributed by atoms with Crippen LogP contribution in [0.2, 0.25) is 0 Å². The van der Waals surface area contributed by atoms with Crippen LogP contribution in [0.15, 0.2) is 17.8 Å². The van der Waals surface area contributed by atoms with Crippen LogP contribution in [0.1, 0.15) is 44.6 Å². The van der Waals surface area contributed by atoms with E-state index in [-0.39, 0.29) is 18.2 Å². The van der Waals surface area contributed by atoms with E-state index in [0.717, 1.165) is 29.7 Å². The van der Waals surface area contributed by atoms with Crippen LogP contribution in [0.25, 0.3) is 11.7 Å². The Balaban J connectivity index is 1.51. The highest BCUT2D eigenvalue weighted by Crippen LogP contribution is 2.34. The predicted octanol–water partition coefficient (Wildman–Crippen LogP) is 2.19. The highest BCUT2D eigenvalue weighted by atomic mass is 16.2. The van der Waals surface area contributed by atoms with Crippen LogP contribution in [-0.4, -0.2) is 39.0 Å². The number of rotatable bonds is 7. The molecule has 1 unspecified atom stereocenters. The van der Waals surface area contributed by atoms with Crippen molar-refractivity contribution in [3.05, 3.63) is 23.4 Å². The number of aromatic nitrogens is 3. The van der Waals surface area contributed by atoms with E-state index in [4.69, 9.17) is 4.98 Å². The Morgan fingerprint density at radius 2 is 2.14 bits per heavy atom. The molecule has 1 saturated heterocycles. The molecule has 8 nitrogen and oxygen atoms in total. The van der Waals surface area contributed by atoms with Gasteiger partial charge in [0.25, 0.3) is 5.91 Å². The molecule has 0 aromatic carbocycles. The summed E-state index contributed by atoms with van der Waals surface area (Å²) in [6.07, 6.45) is 8.57. The van der Waals surface area contributed by atoms with Gasteiger partial charge in [0.15, 0.2) is 5.65 Å². The third-order valence-electron chi connectivity index (χ3n) is 5.70. The zero-order valence-corrected chi connectivity index (χ0v) is 15.9. The molecule has 28 heavy (non-hydrogen) atoms. The fraction of sp³-hybridized carbons (Fsp3) is 0.500. The SMILES string of the molecule is CC(Nc1cc(NCC2CC2)n2ncc(/C=C3\CC(=O)NC3=O)c2n1)C1CC1. The maximum Gasteiger partial charge on any atom is 0.254 e. The van der Waals surface area contributed by atoms with E-state index < -0.39 is 0 Å². The van der Waals surface area contributed by atoms with Gasteiger partial charge in [0.2, 0.25) is 5.91 Å². The van der Waals surface area contributed by atoms with Crippen molar-refractivity contribution in [3.8, 4) is 0 Å². The maximum atomic E-state index is 11.9. The van der Waals surface area contributed by atoms with Gasteiger partial charge in [0.1, 0.15) is 11.6 Å². The molecule has 3 N–H and O–H groups in total. The molecular weight excluding hydrogens is 356 g/mol. The minimum absolute atomic E-state index is 0.0968. The van der Waals surface area contributed by atoms with Crippen LogP contribution in [0, 0.1) is 11.8 Å². The lowest BCUT2D eigenvalue weighted by Gasteiger charge is -2.16. The highest BCUT2D eigenvalue weighted by molar-refractivity contribution is 6.15. The van der Waals surface area contributed by atoms with Crippen LogP contribution in [-0.2, 0) is 9.59 Å². The zero-order valence-electron chi connectivity index (χ0n) is 15.9. The maximum absolute atomic E-state index is 11.9. The number of carbonyl (C=O) groups is 2. The standard InChI is InChI=1S/C20H24N6O2/c1-11(13-4-5-13)23-16-8-17(21-9-12-2-3-12)26-19(24-16)15(10-22-26)6-14-7-18(27)25-20(14)28/h6,8,10-13,21H,2-5,7,9H2,1H3,(H,23,24)(H,25,27,28)/b14-6+. The van der Waals surface area contributed by atoms with Crippen molar-refractivity contribution >= 4 is 35.2 Å². The monoisotopic (exact) mass is 380 g/mol. The van der Waals surface area contributed by atoms with Gasteiger partial charge in [-0.25, -0.2) is 4.98 Å². The quantitative estimate of drug-likeness (QED) is 0.503. The van der Waals surface area contributed by atoms with Gasteiger partial charge in [-0.1, -0.05) is 0 Å². The van der Waals surface area contributed by atoms with Gasteiger partial charge in [0.05, 0.1) is 12.6 Å². The van der Waals surface area contributed by atoms with Crippen molar-refractivity contribution in [2.75, 3.05) is 17.2 Å². The molecule has 1 aliphatic heterocycles. The molecule has 8 heteroatoms. The largest absolute Gasteiger partial charge is 0.370 e. The molecule has 3 heterocycles. The topological polar surface area (TPSA) is 100 Å². The number of hydrogen-bond acceptors (Lipinski definition) is 6. The number of anilines is 2. The third kappa shape index (κ3) is 3.46. The third-order valence-corrected chi connectivity index (χ3v) is 5.70. The number of imide groups is 1. The van der Waals surface area contributed by atoms with E-state index in [1.165, 1.54) is 25.7 Å². The molecule has 2 aromatic heterocycles. The van der Waals surface area contributed by atoms with Gasteiger partial charge in [0, 0.05) is 29.8 Å². The second-order valence-electron chi connectivity index (χ2n) is 8.18. The molecule has 2 aromatic rings. The molecule has 1 atom stereocenters. The zero-order chi connectivity index (χ0) is 19.3. The first-order valence-corrected chi connectivity index (χ1v) is 10.0. The van der Waals surface area contributed by atoms with Gasteiger partial charge in [-0.05, 0) is 50.5 Å². The summed E-state index contributed by atoms with van der Waals surface area (Å²) >= 11 is 0. The summed E-state index contributed by atoms with van der Waals surface area (Å²) in [5.74, 6) is 2.52. The van der Waals surface area contributed by atoms with Crippen molar-refractivity contribution < 1.29 is 9.59 Å². The second-order valence-corrected chi connectivity index (χ2v) is 8.18. The summed E-state index contributed by atoms with van der Waals surface area (Å²) in [5, 5.41) is 13.8. The highest BCUT2D eigenvalue weighted by Gasteiger charge is 2.29. The average molecular weight is 380 g/mol. The van der Waals surface area contributed by atoms with Crippen molar-refractivity contribution in [1.82, 2.24) is 19.9 Å². The van der Waals surface area contributed by atoms with Crippen LogP contribution in [0.3, 0.4) is 0 Å². The molecule has 0 radical (unpaired) electrons. The number of nitrogens with zero attached hydrogens (tertiary/aromatic N) is 3. The average Bonchev–Trinajstić information content (AvgIpc) is 3.57. The Labute approximate surface area is 162 Å². The molecule has 3 fully saturated rings. The second kappa shape index (κ2) is 6.61. The Kier molecular flexibility index (Phi) is 4.07. The normalized spacial score (nSPS) is 22.0. The molecule has 5 rings (SSSR count). The van der Waals surface area contributed by atoms with Crippen LogP contribution in [0.4, 0.5) is 11.6 Å². The summed E-state index contributed by atoms with van der Waals surface area (Å²) in [6.45, 7) is 3.11. The molecule has 0 bridgehead atoms. The molecule has 146 valence electrons. The van der Waals surface area contributed by atoms with Crippen LogP contribution in [0.5, 0.6) is 0 Å². The molecular formula is C20H24N6O2. The van der Waals surface area contributed by atoms with E-state index in [1.807, 2.05) is 6.07 Å². The summed E-state index contributed by atoms with van der Waals surface area (Å²) in [7, 11) is 0. The Morgan fingerprint density at radius 1 is 1.32 bits per heavy atom. The first kappa shape index (κ1) is 17.2. The van der Waals surface area contributed by atoms with Gasteiger partial charge in [-0.3, -0.25) is 14.9 Å². The lowest BCUT2D eigenvalue weighted by atomic mass is 10.1. The van der Waals surface area contributed by atoms with Gasteiger partial charge < -0.3 is 10.6 Å². The first-order chi connectivity index (χ1) is 13.6. The van der Waals surface area contributed by atoms with Crippen molar-refractivity contribution in [3.63, 3.8) is 0 Å². The lowest BCUT2D eigenvalue weighted by molar-refractivity contribution is -0.124. The van der Waals surface area contributed by atoms with Gasteiger partial charge in [-0.2, -0.15) is 9.61 Å². The fourth-order valence-electron chi connectivity index (χ4n) is 3.61. The minimum Gasteiger partial charge on any atom is -0.370 e. The minimum atomic E-state index is -0.340. The molecule has 3 aliphatic rings. The van der Waals surface area contributed by atoms with Crippen LogP contribution >= 0.6 is 0 Å². The van der Waals surface area contributed by atoms with E-state index in [2.05, 4.69) is 28.0 Å².